The summed E-state index contributed by atoms with van der Waals surface area (Å²) in [6.07, 6.45) is 6.05. The number of carbonyl (C=O) groups excluding carboxylic acids is 2. The van der Waals surface area contributed by atoms with Crippen LogP contribution in [0.1, 0.15) is 51.9 Å². The molecule has 0 aromatic heterocycles. The average molecular weight is 285 g/mol. The third kappa shape index (κ3) is 8.15. The Morgan fingerprint density at radius 2 is 1.60 bits per heavy atom. The van der Waals surface area contributed by atoms with E-state index < -0.39 is 0 Å². The van der Waals surface area contributed by atoms with Gasteiger partial charge in [0, 0.05) is 0 Å². The fourth-order valence-electron chi connectivity index (χ4n) is 2.32. The number of unbranched alkanes of at least 4 members (excludes halogenated alkanes) is 2. The first kappa shape index (κ1) is 17.0. The minimum Gasteiger partial charge on any atom is -0.466 e. The fourth-order valence-corrected chi connectivity index (χ4v) is 2.32. The van der Waals surface area contributed by atoms with Gasteiger partial charge in [0.1, 0.15) is 0 Å². The van der Waals surface area contributed by atoms with Crippen LogP contribution in [0.25, 0.3) is 0 Å². The summed E-state index contributed by atoms with van der Waals surface area (Å²) in [5, 5.41) is 0. The number of carbonyl (C=O) groups is 2. The van der Waals surface area contributed by atoms with Gasteiger partial charge >= 0.3 is 11.9 Å². The molecule has 0 unspecified atom stereocenters. The summed E-state index contributed by atoms with van der Waals surface area (Å²) >= 11 is 0. The standard InChI is InChI=1S/C15H27NO4/c1-2-19-14(17)8-9-15(18)20-13-7-3-4-10-16-11-5-6-12-16/h2-13H2,1H3. The molecule has 1 rings (SSSR count). The SMILES string of the molecule is CCOC(=O)CCC(=O)OCCCCCN1CCCC1. The molecule has 20 heavy (non-hydrogen) atoms. The molecule has 1 saturated heterocycles. The molecular formula is C15H27NO4. The van der Waals surface area contributed by atoms with Crippen molar-refractivity contribution in [3.05, 3.63) is 0 Å². The third-order valence-corrected chi connectivity index (χ3v) is 3.42. The Labute approximate surface area is 121 Å². The van der Waals surface area contributed by atoms with Crippen molar-refractivity contribution in [3.8, 4) is 0 Å². The van der Waals surface area contributed by atoms with E-state index in [0.29, 0.717) is 13.2 Å². The van der Waals surface area contributed by atoms with Gasteiger partial charge in [0.25, 0.3) is 0 Å². The molecule has 5 nitrogen and oxygen atoms in total. The Kier molecular flexibility index (Phi) is 9.04. The van der Waals surface area contributed by atoms with Gasteiger partial charge in [-0.15, -0.1) is 0 Å². The van der Waals surface area contributed by atoms with E-state index in [1.54, 1.807) is 6.92 Å². The Bertz CT molecular complexity index is 288. The van der Waals surface area contributed by atoms with Crippen LogP contribution in [0.3, 0.4) is 0 Å². The Balaban J connectivity index is 1.87. The van der Waals surface area contributed by atoms with Crippen LogP contribution in [0.2, 0.25) is 0 Å². The van der Waals surface area contributed by atoms with Crippen molar-refractivity contribution in [1.29, 1.82) is 0 Å². The normalized spacial score (nSPS) is 15.2. The van der Waals surface area contributed by atoms with Crippen molar-refractivity contribution in [2.75, 3.05) is 32.8 Å². The Morgan fingerprint density at radius 1 is 0.950 bits per heavy atom. The van der Waals surface area contributed by atoms with E-state index in [4.69, 9.17) is 9.47 Å². The maximum absolute atomic E-state index is 11.4. The molecule has 0 atom stereocenters. The van der Waals surface area contributed by atoms with E-state index >= 15 is 0 Å². The molecule has 0 saturated carbocycles. The predicted octanol–water partition coefficient (Wildman–Crippen LogP) is 2.14. The zero-order chi connectivity index (χ0) is 14.6. The first-order valence-electron chi connectivity index (χ1n) is 7.76. The summed E-state index contributed by atoms with van der Waals surface area (Å²) in [5.41, 5.74) is 0. The summed E-state index contributed by atoms with van der Waals surface area (Å²) in [6, 6.07) is 0. The average Bonchev–Trinajstić information content (AvgIpc) is 2.94. The van der Waals surface area contributed by atoms with E-state index in [-0.39, 0.29) is 24.8 Å². The lowest BCUT2D eigenvalue weighted by molar-refractivity contribution is -0.150. The zero-order valence-electron chi connectivity index (χ0n) is 12.6. The molecule has 1 heterocycles. The molecule has 116 valence electrons. The first-order valence-corrected chi connectivity index (χ1v) is 7.76. The van der Waals surface area contributed by atoms with Gasteiger partial charge in [0.2, 0.25) is 0 Å². The van der Waals surface area contributed by atoms with Crippen molar-refractivity contribution < 1.29 is 19.1 Å². The molecule has 5 heteroatoms. The maximum atomic E-state index is 11.4. The second-order valence-electron chi connectivity index (χ2n) is 5.13. The lowest BCUT2D eigenvalue weighted by Gasteiger charge is -2.13. The van der Waals surface area contributed by atoms with Crippen molar-refractivity contribution in [2.45, 2.75) is 51.9 Å². The topological polar surface area (TPSA) is 55.8 Å². The smallest absolute Gasteiger partial charge is 0.306 e. The van der Waals surface area contributed by atoms with E-state index in [2.05, 4.69) is 4.90 Å². The summed E-state index contributed by atoms with van der Waals surface area (Å²) < 4.78 is 9.83. The van der Waals surface area contributed by atoms with Crippen molar-refractivity contribution in [1.82, 2.24) is 4.90 Å². The van der Waals surface area contributed by atoms with Gasteiger partial charge in [-0.1, -0.05) is 0 Å². The van der Waals surface area contributed by atoms with Crippen LogP contribution >= 0.6 is 0 Å². The van der Waals surface area contributed by atoms with Gasteiger partial charge in [0.15, 0.2) is 0 Å². The number of esters is 2. The van der Waals surface area contributed by atoms with Crippen molar-refractivity contribution in [3.63, 3.8) is 0 Å². The largest absolute Gasteiger partial charge is 0.466 e. The summed E-state index contributed by atoms with van der Waals surface area (Å²) in [6.45, 7) is 6.20. The number of nitrogens with zero attached hydrogens (tertiary/aromatic N) is 1. The van der Waals surface area contributed by atoms with E-state index in [1.165, 1.54) is 32.4 Å². The molecule has 0 bridgehead atoms. The van der Waals surface area contributed by atoms with Gasteiger partial charge in [-0.3, -0.25) is 9.59 Å². The number of hydrogen-bond donors (Lipinski definition) is 0. The molecule has 1 fully saturated rings. The van der Waals surface area contributed by atoms with E-state index in [1.807, 2.05) is 0 Å². The lowest BCUT2D eigenvalue weighted by Crippen LogP contribution is -2.20. The molecule has 0 aromatic carbocycles. The maximum Gasteiger partial charge on any atom is 0.306 e. The fraction of sp³-hybridized carbons (Fsp3) is 0.867. The van der Waals surface area contributed by atoms with E-state index in [0.717, 1.165) is 19.4 Å². The van der Waals surface area contributed by atoms with Crippen LogP contribution < -0.4 is 0 Å². The second kappa shape index (κ2) is 10.7. The minimum atomic E-state index is -0.338. The molecule has 0 aromatic rings. The monoisotopic (exact) mass is 285 g/mol. The molecule has 0 N–H and O–H groups in total. The summed E-state index contributed by atoms with van der Waals surface area (Å²) in [5.74, 6) is -0.646. The second-order valence-corrected chi connectivity index (χ2v) is 5.13. The minimum absolute atomic E-state index is 0.113. The number of hydrogen-bond acceptors (Lipinski definition) is 5. The third-order valence-electron chi connectivity index (χ3n) is 3.42. The van der Waals surface area contributed by atoms with Crippen LogP contribution in [0.15, 0.2) is 0 Å². The van der Waals surface area contributed by atoms with Gasteiger partial charge in [0.05, 0.1) is 26.1 Å². The molecule has 1 aliphatic rings. The quantitative estimate of drug-likeness (QED) is 0.454. The van der Waals surface area contributed by atoms with Gasteiger partial charge in [-0.05, 0) is 58.7 Å². The summed E-state index contributed by atoms with van der Waals surface area (Å²) in [7, 11) is 0. The Hall–Kier alpha value is -1.10. The highest BCUT2D eigenvalue weighted by molar-refractivity contribution is 5.77. The molecular weight excluding hydrogens is 258 g/mol. The highest BCUT2D eigenvalue weighted by atomic mass is 16.5. The summed E-state index contributed by atoms with van der Waals surface area (Å²) in [4.78, 5) is 24.9. The Morgan fingerprint density at radius 3 is 2.25 bits per heavy atom. The van der Waals surface area contributed by atoms with Crippen molar-refractivity contribution in [2.24, 2.45) is 0 Å². The van der Waals surface area contributed by atoms with E-state index in [9.17, 15) is 9.59 Å². The van der Waals surface area contributed by atoms with Gasteiger partial charge < -0.3 is 14.4 Å². The number of ether oxygens (including phenoxy) is 2. The number of likely N-dealkylation sites (tertiary alicyclic amines) is 1. The van der Waals surface area contributed by atoms with Crippen molar-refractivity contribution >= 4 is 11.9 Å². The zero-order valence-corrected chi connectivity index (χ0v) is 12.6. The number of rotatable bonds is 10. The molecule has 0 radical (unpaired) electrons. The van der Waals surface area contributed by atoms with Gasteiger partial charge in [-0.25, -0.2) is 0 Å². The van der Waals surface area contributed by atoms with Crippen LogP contribution in [0.4, 0.5) is 0 Å². The van der Waals surface area contributed by atoms with Crippen LogP contribution in [-0.2, 0) is 19.1 Å². The molecule has 1 aliphatic heterocycles. The molecule has 0 spiro atoms. The highest BCUT2D eigenvalue weighted by Gasteiger charge is 2.10. The molecule has 0 aliphatic carbocycles. The molecule has 0 amide bonds. The lowest BCUT2D eigenvalue weighted by atomic mass is 10.2. The first-order chi connectivity index (χ1) is 9.72. The van der Waals surface area contributed by atoms with Crippen LogP contribution in [-0.4, -0.2) is 49.7 Å². The highest BCUT2D eigenvalue weighted by Crippen LogP contribution is 2.09. The van der Waals surface area contributed by atoms with Gasteiger partial charge in [-0.2, -0.15) is 0 Å². The van der Waals surface area contributed by atoms with Crippen LogP contribution in [0, 0.1) is 0 Å². The predicted molar refractivity (Wildman–Crippen MR) is 76.4 cm³/mol. The van der Waals surface area contributed by atoms with Crippen LogP contribution in [0.5, 0.6) is 0 Å².